The summed E-state index contributed by atoms with van der Waals surface area (Å²) in [6.07, 6.45) is 2.69. The number of hydrogen-bond donors (Lipinski definition) is 1. The highest BCUT2D eigenvalue weighted by molar-refractivity contribution is 7.92. The van der Waals surface area contributed by atoms with E-state index in [9.17, 15) is 23.3 Å². The van der Waals surface area contributed by atoms with Crippen molar-refractivity contribution in [3.8, 4) is 6.07 Å². The van der Waals surface area contributed by atoms with Gasteiger partial charge in [0.1, 0.15) is 5.54 Å². The second-order valence-electron chi connectivity index (χ2n) is 8.32. The number of rotatable bonds is 8. The average Bonchev–Trinajstić information content (AvgIpc) is 2.85. The average molecular weight is 484 g/mol. The highest BCUT2D eigenvalue weighted by atomic mass is 32.2. The lowest BCUT2D eigenvalue weighted by Crippen LogP contribution is -2.52. The molecule has 0 heterocycles. The number of esters is 1. The first-order valence-corrected chi connectivity index (χ1v) is 12.8. The molecule has 2 aromatic carbocycles. The minimum absolute atomic E-state index is 0.0116. The van der Waals surface area contributed by atoms with Crippen molar-refractivity contribution in [2.45, 2.75) is 62.5 Å². The third-order valence-corrected chi connectivity index (χ3v) is 7.82. The van der Waals surface area contributed by atoms with E-state index in [1.54, 1.807) is 37.3 Å². The molecule has 2 aromatic rings. The van der Waals surface area contributed by atoms with E-state index in [4.69, 9.17) is 4.74 Å². The Bertz CT molecular complexity index is 1170. The predicted molar refractivity (Wildman–Crippen MR) is 128 cm³/mol. The van der Waals surface area contributed by atoms with E-state index in [1.807, 2.05) is 0 Å². The summed E-state index contributed by atoms with van der Waals surface area (Å²) in [5, 5.41) is 12.3. The lowest BCUT2D eigenvalue weighted by atomic mass is 9.83. The van der Waals surface area contributed by atoms with Gasteiger partial charge in [0.2, 0.25) is 0 Å². The molecule has 0 saturated heterocycles. The largest absolute Gasteiger partial charge is 0.449 e. The van der Waals surface area contributed by atoms with Crippen LogP contribution in [0.3, 0.4) is 0 Å². The lowest BCUT2D eigenvalue weighted by Gasteiger charge is -2.32. The molecule has 1 atom stereocenters. The lowest BCUT2D eigenvalue weighted by molar-refractivity contribution is -0.130. The van der Waals surface area contributed by atoms with Crippen LogP contribution >= 0.6 is 0 Å². The fourth-order valence-corrected chi connectivity index (χ4v) is 5.56. The Balaban J connectivity index is 1.74. The van der Waals surface area contributed by atoms with Gasteiger partial charge in [-0.1, -0.05) is 43.5 Å². The Morgan fingerprint density at radius 3 is 2.41 bits per heavy atom. The third kappa shape index (κ3) is 5.57. The molecular weight excluding hydrogens is 454 g/mol. The van der Waals surface area contributed by atoms with E-state index in [-0.39, 0.29) is 17.0 Å². The summed E-state index contributed by atoms with van der Waals surface area (Å²) in [6.45, 7) is 3.36. The molecule has 0 radical (unpaired) electrons. The molecule has 9 heteroatoms. The van der Waals surface area contributed by atoms with Gasteiger partial charge >= 0.3 is 5.97 Å². The molecule has 0 aromatic heterocycles. The Morgan fingerprint density at radius 2 is 1.79 bits per heavy atom. The minimum Gasteiger partial charge on any atom is -0.449 e. The monoisotopic (exact) mass is 483 g/mol. The van der Waals surface area contributed by atoms with Gasteiger partial charge in [-0.05, 0) is 57.0 Å². The first-order chi connectivity index (χ1) is 16.2. The van der Waals surface area contributed by atoms with Crippen LogP contribution < -0.4 is 9.62 Å². The number of para-hydroxylation sites is 1. The van der Waals surface area contributed by atoms with Crippen molar-refractivity contribution < 1.29 is 22.7 Å². The Kier molecular flexibility index (Phi) is 7.94. The third-order valence-electron chi connectivity index (χ3n) is 5.93. The van der Waals surface area contributed by atoms with Crippen LogP contribution in [-0.2, 0) is 19.6 Å². The fourth-order valence-electron chi connectivity index (χ4n) is 4.04. The summed E-state index contributed by atoms with van der Waals surface area (Å²) in [4.78, 5) is 25.3. The van der Waals surface area contributed by atoms with Crippen molar-refractivity contribution in [3.63, 3.8) is 0 Å². The van der Waals surface area contributed by atoms with Crippen LogP contribution in [0.1, 0.15) is 56.3 Å². The number of nitrogens with zero attached hydrogens (tertiary/aromatic N) is 2. The van der Waals surface area contributed by atoms with E-state index in [1.165, 1.54) is 35.5 Å². The molecule has 34 heavy (non-hydrogen) atoms. The molecule has 8 nitrogen and oxygen atoms in total. The van der Waals surface area contributed by atoms with E-state index < -0.39 is 33.5 Å². The molecule has 1 unspecified atom stereocenters. The summed E-state index contributed by atoms with van der Waals surface area (Å²) in [6, 6.07) is 16.4. The van der Waals surface area contributed by atoms with Crippen LogP contribution in [0.5, 0.6) is 0 Å². The molecule has 1 saturated carbocycles. The van der Waals surface area contributed by atoms with E-state index in [0.29, 0.717) is 18.5 Å². The maximum Gasteiger partial charge on any atom is 0.338 e. The number of carbonyl (C=O) groups is 2. The van der Waals surface area contributed by atoms with Crippen molar-refractivity contribution in [1.29, 1.82) is 5.26 Å². The van der Waals surface area contributed by atoms with Crippen LogP contribution in [0.25, 0.3) is 0 Å². The zero-order chi connectivity index (χ0) is 24.8. The number of anilines is 1. The van der Waals surface area contributed by atoms with Crippen LogP contribution in [-0.4, -0.2) is 38.5 Å². The highest BCUT2D eigenvalue weighted by Gasteiger charge is 2.35. The summed E-state index contributed by atoms with van der Waals surface area (Å²) in [7, 11) is -3.93. The van der Waals surface area contributed by atoms with Gasteiger partial charge in [-0.3, -0.25) is 9.10 Å². The smallest absolute Gasteiger partial charge is 0.338 e. The number of nitriles is 1. The summed E-state index contributed by atoms with van der Waals surface area (Å²) >= 11 is 0. The number of ether oxygens (including phenoxy) is 1. The molecule has 1 aliphatic carbocycles. The summed E-state index contributed by atoms with van der Waals surface area (Å²) in [5.74, 6) is -1.38. The molecule has 3 rings (SSSR count). The van der Waals surface area contributed by atoms with Crippen LogP contribution in [0.15, 0.2) is 59.5 Å². The van der Waals surface area contributed by atoms with Gasteiger partial charge in [0, 0.05) is 6.54 Å². The number of amides is 1. The summed E-state index contributed by atoms with van der Waals surface area (Å²) < 4.78 is 33.0. The van der Waals surface area contributed by atoms with Gasteiger partial charge in [0.05, 0.1) is 22.2 Å². The van der Waals surface area contributed by atoms with E-state index in [2.05, 4.69) is 11.4 Å². The number of sulfonamides is 1. The van der Waals surface area contributed by atoms with Crippen LogP contribution in [0.2, 0.25) is 0 Å². The first kappa shape index (κ1) is 25.2. The second-order valence-corrected chi connectivity index (χ2v) is 10.2. The Labute approximate surface area is 200 Å². The quantitative estimate of drug-likeness (QED) is 0.571. The molecular formula is C25H29N3O5S. The Hall–Kier alpha value is -3.38. The number of hydrogen-bond acceptors (Lipinski definition) is 6. The van der Waals surface area contributed by atoms with Crippen molar-refractivity contribution in [3.05, 3.63) is 60.2 Å². The molecule has 1 fully saturated rings. The van der Waals surface area contributed by atoms with Gasteiger partial charge in [-0.15, -0.1) is 0 Å². The predicted octanol–water partition coefficient (Wildman–Crippen LogP) is 3.79. The molecule has 0 aliphatic heterocycles. The fraction of sp³-hybridized carbons (Fsp3) is 0.400. The van der Waals surface area contributed by atoms with Gasteiger partial charge in [-0.2, -0.15) is 5.26 Å². The van der Waals surface area contributed by atoms with E-state index >= 15 is 0 Å². The molecule has 180 valence electrons. The highest BCUT2D eigenvalue weighted by Crippen LogP contribution is 2.28. The second kappa shape index (κ2) is 10.7. The maximum absolute atomic E-state index is 13.2. The Morgan fingerprint density at radius 1 is 1.12 bits per heavy atom. The number of nitrogens with one attached hydrogen (secondary N) is 1. The first-order valence-electron chi connectivity index (χ1n) is 11.3. The van der Waals surface area contributed by atoms with Gasteiger partial charge in [0.25, 0.3) is 15.9 Å². The molecule has 1 amide bonds. The van der Waals surface area contributed by atoms with Gasteiger partial charge in [0.15, 0.2) is 6.10 Å². The standard InChI is InChI=1S/C25H29N3O5S/c1-3-28(21-12-6-4-7-13-21)34(31,32)22-14-10-11-20(17-22)24(30)33-19(2)23(29)27-25(18-26)15-8-5-9-16-25/h4,6-7,10-14,17,19H,3,5,8-9,15-16H2,1-2H3,(H,27,29). The molecule has 0 spiro atoms. The molecule has 0 bridgehead atoms. The number of carbonyl (C=O) groups excluding carboxylic acids is 2. The topological polar surface area (TPSA) is 117 Å². The number of benzene rings is 2. The zero-order valence-corrected chi connectivity index (χ0v) is 20.2. The molecule has 1 N–H and O–H groups in total. The van der Waals surface area contributed by atoms with Crippen molar-refractivity contribution in [1.82, 2.24) is 5.32 Å². The normalized spacial score (nSPS) is 16.0. The molecule has 1 aliphatic rings. The van der Waals surface area contributed by atoms with Crippen molar-refractivity contribution in [2.24, 2.45) is 0 Å². The van der Waals surface area contributed by atoms with Crippen molar-refractivity contribution in [2.75, 3.05) is 10.8 Å². The SMILES string of the molecule is CCN(c1ccccc1)S(=O)(=O)c1cccc(C(=O)OC(C)C(=O)NC2(C#N)CCCCC2)c1. The van der Waals surface area contributed by atoms with E-state index in [0.717, 1.165) is 19.3 Å². The van der Waals surface area contributed by atoms with Crippen molar-refractivity contribution >= 4 is 27.6 Å². The minimum atomic E-state index is -3.93. The van der Waals surface area contributed by atoms with Crippen LogP contribution in [0.4, 0.5) is 5.69 Å². The van der Waals surface area contributed by atoms with Gasteiger partial charge in [-0.25, -0.2) is 13.2 Å². The maximum atomic E-state index is 13.2. The van der Waals surface area contributed by atoms with Gasteiger partial charge < -0.3 is 10.1 Å². The zero-order valence-electron chi connectivity index (χ0n) is 19.4. The summed E-state index contributed by atoms with van der Waals surface area (Å²) in [5.41, 5.74) is -0.416. The van der Waals surface area contributed by atoms with Crippen LogP contribution in [0, 0.1) is 11.3 Å².